The van der Waals surface area contributed by atoms with Gasteiger partial charge in [-0.15, -0.1) is 0 Å². The second kappa shape index (κ2) is 7.42. The van der Waals surface area contributed by atoms with Crippen molar-refractivity contribution in [3.8, 4) is 0 Å². The van der Waals surface area contributed by atoms with Crippen molar-refractivity contribution in [2.45, 2.75) is 25.8 Å². The Hall–Kier alpha value is -2.44. The SMILES string of the molecule is CC(Cc1cccc(F)c1)C(=O)OCC1CC(=O)N(C)C(=O)N1C. The van der Waals surface area contributed by atoms with E-state index >= 15 is 0 Å². The highest BCUT2D eigenvalue weighted by Crippen LogP contribution is 2.16. The minimum Gasteiger partial charge on any atom is -0.463 e. The Morgan fingerprint density at radius 2 is 2.08 bits per heavy atom. The monoisotopic (exact) mass is 336 g/mol. The summed E-state index contributed by atoms with van der Waals surface area (Å²) in [6.45, 7) is 1.66. The van der Waals surface area contributed by atoms with Crippen molar-refractivity contribution in [3.05, 3.63) is 35.6 Å². The largest absolute Gasteiger partial charge is 0.463 e. The standard InChI is InChI=1S/C17H21FN2O4/c1-11(7-12-5-4-6-13(18)8-12)16(22)24-10-14-9-15(21)20(3)17(23)19(14)2/h4-6,8,11,14H,7,9-10H2,1-3H3. The van der Waals surface area contributed by atoms with Gasteiger partial charge in [-0.2, -0.15) is 0 Å². The molecule has 2 rings (SSSR count). The van der Waals surface area contributed by atoms with Crippen LogP contribution in [-0.4, -0.2) is 54.5 Å². The number of rotatable bonds is 5. The summed E-state index contributed by atoms with van der Waals surface area (Å²) in [6.07, 6.45) is 0.474. The molecule has 24 heavy (non-hydrogen) atoms. The van der Waals surface area contributed by atoms with Crippen LogP contribution >= 0.6 is 0 Å². The summed E-state index contributed by atoms with van der Waals surface area (Å²) in [5.41, 5.74) is 0.709. The number of carbonyl (C=O) groups is 3. The quantitative estimate of drug-likeness (QED) is 0.770. The van der Waals surface area contributed by atoms with Crippen molar-refractivity contribution in [2.24, 2.45) is 5.92 Å². The number of likely N-dealkylation sites (N-methyl/N-ethyl adjacent to an activating group) is 1. The molecule has 0 spiro atoms. The van der Waals surface area contributed by atoms with Gasteiger partial charge < -0.3 is 9.64 Å². The maximum absolute atomic E-state index is 13.2. The van der Waals surface area contributed by atoms with Crippen LogP contribution in [0.15, 0.2) is 24.3 Å². The van der Waals surface area contributed by atoms with E-state index in [0.29, 0.717) is 12.0 Å². The molecule has 2 atom stereocenters. The summed E-state index contributed by atoms with van der Waals surface area (Å²) < 4.78 is 18.4. The van der Waals surface area contributed by atoms with Gasteiger partial charge in [0.1, 0.15) is 12.4 Å². The third kappa shape index (κ3) is 4.10. The maximum atomic E-state index is 13.2. The van der Waals surface area contributed by atoms with Crippen LogP contribution in [-0.2, 0) is 20.7 Å². The predicted octanol–water partition coefficient (Wildman–Crippen LogP) is 1.83. The third-order valence-electron chi connectivity index (χ3n) is 4.17. The van der Waals surface area contributed by atoms with Crippen molar-refractivity contribution >= 4 is 17.9 Å². The lowest BCUT2D eigenvalue weighted by Crippen LogP contribution is -2.55. The molecule has 6 nitrogen and oxygen atoms in total. The number of amides is 3. The number of benzene rings is 1. The molecule has 0 aromatic heterocycles. The van der Waals surface area contributed by atoms with Crippen molar-refractivity contribution in [1.82, 2.24) is 9.80 Å². The molecule has 1 fully saturated rings. The van der Waals surface area contributed by atoms with Crippen molar-refractivity contribution < 1.29 is 23.5 Å². The summed E-state index contributed by atoms with van der Waals surface area (Å²) in [7, 11) is 2.99. The fourth-order valence-corrected chi connectivity index (χ4v) is 2.57. The van der Waals surface area contributed by atoms with E-state index in [1.165, 1.54) is 24.1 Å². The summed E-state index contributed by atoms with van der Waals surface area (Å²) in [4.78, 5) is 38.1. The van der Waals surface area contributed by atoms with E-state index in [1.807, 2.05) is 0 Å². The van der Waals surface area contributed by atoms with E-state index in [0.717, 1.165) is 4.90 Å². The zero-order valence-electron chi connectivity index (χ0n) is 14.0. The number of hydrogen-bond donors (Lipinski definition) is 0. The van der Waals surface area contributed by atoms with E-state index in [-0.39, 0.29) is 24.8 Å². The van der Waals surface area contributed by atoms with Crippen LogP contribution < -0.4 is 0 Å². The average molecular weight is 336 g/mol. The highest BCUT2D eigenvalue weighted by atomic mass is 19.1. The maximum Gasteiger partial charge on any atom is 0.326 e. The molecular formula is C17H21FN2O4. The first-order chi connectivity index (χ1) is 11.3. The van der Waals surface area contributed by atoms with Gasteiger partial charge in [0.15, 0.2) is 0 Å². The molecule has 0 radical (unpaired) electrons. The van der Waals surface area contributed by atoms with Gasteiger partial charge in [0.25, 0.3) is 0 Å². The van der Waals surface area contributed by atoms with Crippen LogP contribution in [0.3, 0.4) is 0 Å². The van der Waals surface area contributed by atoms with Crippen LogP contribution in [0.25, 0.3) is 0 Å². The van der Waals surface area contributed by atoms with Gasteiger partial charge >= 0.3 is 12.0 Å². The van der Waals surface area contributed by atoms with Gasteiger partial charge in [0.2, 0.25) is 5.91 Å². The smallest absolute Gasteiger partial charge is 0.326 e. The summed E-state index contributed by atoms with van der Waals surface area (Å²) in [5.74, 6) is -1.54. The van der Waals surface area contributed by atoms with Crippen LogP contribution in [0.2, 0.25) is 0 Å². The van der Waals surface area contributed by atoms with Gasteiger partial charge in [-0.3, -0.25) is 14.5 Å². The number of nitrogens with zero attached hydrogens (tertiary/aromatic N) is 2. The van der Waals surface area contributed by atoms with E-state index in [1.54, 1.807) is 26.1 Å². The number of carbonyl (C=O) groups excluding carboxylic acids is 3. The normalized spacial score (nSPS) is 19.4. The van der Waals surface area contributed by atoms with E-state index < -0.39 is 24.0 Å². The van der Waals surface area contributed by atoms with Crippen LogP contribution in [0.5, 0.6) is 0 Å². The molecular weight excluding hydrogens is 315 g/mol. The summed E-state index contributed by atoms with van der Waals surface area (Å²) in [5, 5.41) is 0. The Balaban J connectivity index is 1.88. The zero-order valence-corrected chi connectivity index (χ0v) is 14.0. The highest BCUT2D eigenvalue weighted by Gasteiger charge is 2.35. The Morgan fingerprint density at radius 3 is 2.75 bits per heavy atom. The Kier molecular flexibility index (Phi) is 5.54. The fourth-order valence-electron chi connectivity index (χ4n) is 2.57. The molecule has 0 N–H and O–H groups in total. The topological polar surface area (TPSA) is 66.9 Å². The molecule has 0 bridgehead atoms. The second-order valence-corrected chi connectivity index (χ2v) is 6.07. The number of hydrogen-bond acceptors (Lipinski definition) is 4. The molecule has 0 saturated carbocycles. The van der Waals surface area contributed by atoms with Crippen LogP contribution in [0.1, 0.15) is 18.9 Å². The second-order valence-electron chi connectivity index (χ2n) is 6.07. The van der Waals surface area contributed by atoms with Gasteiger partial charge in [-0.05, 0) is 24.1 Å². The van der Waals surface area contributed by atoms with Crippen molar-refractivity contribution in [2.75, 3.05) is 20.7 Å². The minimum absolute atomic E-state index is 0.0336. The number of imide groups is 1. The summed E-state index contributed by atoms with van der Waals surface area (Å²) >= 11 is 0. The number of halogens is 1. The van der Waals surface area contributed by atoms with Crippen LogP contribution in [0.4, 0.5) is 9.18 Å². The van der Waals surface area contributed by atoms with Crippen LogP contribution in [0, 0.1) is 11.7 Å². The Bertz CT molecular complexity index is 649. The van der Waals surface area contributed by atoms with Gasteiger partial charge in [-0.25, -0.2) is 9.18 Å². The third-order valence-corrected chi connectivity index (χ3v) is 4.17. The molecule has 1 aliphatic heterocycles. The number of esters is 1. The molecule has 7 heteroatoms. The predicted molar refractivity (Wildman–Crippen MR) is 84.6 cm³/mol. The van der Waals surface area contributed by atoms with Crippen molar-refractivity contribution in [1.29, 1.82) is 0 Å². The first-order valence-corrected chi connectivity index (χ1v) is 7.74. The highest BCUT2D eigenvalue weighted by molar-refractivity contribution is 5.96. The molecule has 1 aromatic carbocycles. The van der Waals surface area contributed by atoms with Gasteiger partial charge in [0.05, 0.1) is 18.4 Å². The first-order valence-electron chi connectivity index (χ1n) is 7.74. The van der Waals surface area contributed by atoms with Gasteiger partial charge in [-0.1, -0.05) is 19.1 Å². The molecule has 3 amide bonds. The fraction of sp³-hybridized carbons (Fsp3) is 0.471. The van der Waals surface area contributed by atoms with Gasteiger partial charge in [0, 0.05) is 14.1 Å². The van der Waals surface area contributed by atoms with E-state index in [4.69, 9.17) is 4.74 Å². The molecule has 1 aromatic rings. The zero-order chi connectivity index (χ0) is 17.9. The molecule has 130 valence electrons. The Morgan fingerprint density at radius 1 is 1.38 bits per heavy atom. The number of ether oxygens (including phenoxy) is 1. The lowest BCUT2D eigenvalue weighted by atomic mass is 10.0. The molecule has 2 unspecified atom stereocenters. The molecule has 1 aliphatic rings. The molecule has 1 saturated heterocycles. The first kappa shape index (κ1) is 17.9. The summed E-state index contributed by atoms with van der Waals surface area (Å²) in [6, 6.07) is 5.18. The average Bonchev–Trinajstić information content (AvgIpc) is 2.54. The molecule has 0 aliphatic carbocycles. The minimum atomic E-state index is -0.466. The lowest BCUT2D eigenvalue weighted by Gasteiger charge is -2.35. The number of urea groups is 1. The molecule has 1 heterocycles. The lowest BCUT2D eigenvalue weighted by molar-refractivity contribution is -0.151. The Labute approximate surface area is 140 Å². The van der Waals surface area contributed by atoms with E-state index in [9.17, 15) is 18.8 Å². The van der Waals surface area contributed by atoms with E-state index in [2.05, 4.69) is 0 Å². The van der Waals surface area contributed by atoms with Crippen molar-refractivity contribution in [3.63, 3.8) is 0 Å².